The zero-order chi connectivity index (χ0) is 13.8. The second-order valence-corrected chi connectivity index (χ2v) is 4.98. The molecule has 1 aromatic rings. The second-order valence-electron chi connectivity index (χ2n) is 4.98. The standard InChI is InChI=1S/C15H22N2O2.ClH/c1-3-13(16)15(18)17-10-4-5-14(17)11-6-8-12(19-2)9-7-11;/h6-9,13-14H,3-5,10,16H2,1-2H3;1H/t13-,14?;/m0./s1. The first kappa shape index (κ1) is 16.8. The number of amides is 1. The highest BCUT2D eigenvalue weighted by Crippen LogP contribution is 2.33. The molecule has 0 aromatic heterocycles. The van der Waals surface area contributed by atoms with Gasteiger partial charge in [0, 0.05) is 6.54 Å². The lowest BCUT2D eigenvalue weighted by Gasteiger charge is -2.27. The molecule has 1 aromatic carbocycles. The molecule has 2 rings (SSSR count). The predicted octanol–water partition coefficient (Wildman–Crippen LogP) is 2.52. The van der Waals surface area contributed by atoms with Crippen LogP contribution in [0.25, 0.3) is 0 Å². The second kappa shape index (κ2) is 7.50. The Morgan fingerprint density at radius 2 is 2.10 bits per heavy atom. The van der Waals surface area contributed by atoms with E-state index in [1.54, 1.807) is 7.11 Å². The van der Waals surface area contributed by atoms with Crippen LogP contribution >= 0.6 is 12.4 Å². The van der Waals surface area contributed by atoms with Gasteiger partial charge in [-0.3, -0.25) is 4.79 Å². The summed E-state index contributed by atoms with van der Waals surface area (Å²) < 4.78 is 5.16. The average Bonchev–Trinajstić information content (AvgIpc) is 2.95. The number of rotatable bonds is 4. The number of carbonyl (C=O) groups excluding carboxylic acids is 1. The predicted molar refractivity (Wildman–Crippen MR) is 82.2 cm³/mol. The Morgan fingerprint density at radius 3 is 2.65 bits per heavy atom. The Balaban J connectivity index is 0.00000200. The minimum absolute atomic E-state index is 0. The maximum Gasteiger partial charge on any atom is 0.239 e. The molecule has 0 radical (unpaired) electrons. The molecule has 1 fully saturated rings. The average molecular weight is 299 g/mol. The van der Waals surface area contributed by atoms with Crippen LogP contribution in [0.3, 0.4) is 0 Å². The van der Waals surface area contributed by atoms with Gasteiger partial charge in [-0.25, -0.2) is 0 Å². The van der Waals surface area contributed by atoms with Gasteiger partial charge in [-0.15, -0.1) is 12.4 Å². The van der Waals surface area contributed by atoms with E-state index in [0.717, 1.165) is 30.7 Å². The van der Waals surface area contributed by atoms with Gasteiger partial charge in [0.2, 0.25) is 5.91 Å². The zero-order valence-electron chi connectivity index (χ0n) is 12.0. The Labute approximate surface area is 126 Å². The van der Waals surface area contributed by atoms with Gasteiger partial charge in [-0.2, -0.15) is 0 Å². The molecule has 0 aliphatic carbocycles. The van der Waals surface area contributed by atoms with Gasteiger partial charge >= 0.3 is 0 Å². The minimum Gasteiger partial charge on any atom is -0.497 e. The number of likely N-dealkylation sites (tertiary alicyclic amines) is 1. The summed E-state index contributed by atoms with van der Waals surface area (Å²) in [5.74, 6) is 0.908. The number of methoxy groups -OCH3 is 1. The van der Waals surface area contributed by atoms with Gasteiger partial charge in [-0.1, -0.05) is 19.1 Å². The Hall–Kier alpha value is -1.26. The summed E-state index contributed by atoms with van der Waals surface area (Å²) in [6.45, 7) is 2.75. The van der Waals surface area contributed by atoms with E-state index in [1.165, 1.54) is 0 Å². The van der Waals surface area contributed by atoms with Gasteiger partial charge in [0.15, 0.2) is 0 Å². The third kappa shape index (κ3) is 3.44. The van der Waals surface area contributed by atoms with Gasteiger partial charge in [0.1, 0.15) is 5.75 Å². The number of halogens is 1. The van der Waals surface area contributed by atoms with Crippen LogP contribution in [-0.4, -0.2) is 30.5 Å². The van der Waals surface area contributed by atoms with Crippen molar-refractivity contribution in [2.75, 3.05) is 13.7 Å². The van der Waals surface area contributed by atoms with Gasteiger partial charge < -0.3 is 15.4 Å². The van der Waals surface area contributed by atoms with Crippen molar-refractivity contribution in [2.24, 2.45) is 5.73 Å². The van der Waals surface area contributed by atoms with Crippen LogP contribution in [0.5, 0.6) is 5.75 Å². The van der Waals surface area contributed by atoms with Crippen LogP contribution in [-0.2, 0) is 4.79 Å². The lowest BCUT2D eigenvalue weighted by Crippen LogP contribution is -2.42. The molecule has 1 aliphatic heterocycles. The fraction of sp³-hybridized carbons (Fsp3) is 0.533. The molecule has 1 saturated heterocycles. The summed E-state index contributed by atoms with van der Waals surface area (Å²) in [5, 5.41) is 0. The highest BCUT2D eigenvalue weighted by molar-refractivity contribution is 5.85. The number of hydrogen-bond acceptors (Lipinski definition) is 3. The Morgan fingerprint density at radius 1 is 1.45 bits per heavy atom. The van der Waals surface area contributed by atoms with Gasteiger partial charge in [0.05, 0.1) is 19.2 Å². The first-order valence-electron chi connectivity index (χ1n) is 6.87. The first-order valence-corrected chi connectivity index (χ1v) is 6.87. The molecule has 20 heavy (non-hydrogen) atoms. The molecule has 1 aliphatic rings. The highest BCUT2D eigenvalue weighted by atomic mass is 35.5. The maximum atomic E-state index is 12.3. The van der Waals surface area contributed by atoms with E-state index in [1.807, 2.05) is 36.1 Å². The molecule has 2 atom stereocenters. The van der Waals surface area contributed by atoms with Crippen LogP contribution in [0.4, 0.5) is 0 Å². The number of benzene rings is 1. The van der Waals surface area contributed by atoms with Crippen molar-refractivity contribution >= 4 is 18.3 Å². The number of carbonyl (C=O) groups is 1. The van der Waals surface area contributed by atoms with Crippen LogP contribution in [0.2, 0.25) is 0 Å². The van der Waals surface area contributed by atoms with E-state index in [2.05, 4.69) is 0 Å². The summed E-state index contributed by atoms with van der Waals surface area (Å²) in [7, 11) is 1.65. The summed E-state index contributed by atoms with van der Waals surface area (Å²) in [4.78, 5) is 14.2. The van der Waals surface area contributed by atoms with E-state index in [-0.39, 0.29) is 30.4 Å². The number of hydrogen-bond donors (Lipinski definition) is 1. The smallest absolute Gasteiger partial charge is 0.239 e. The topological polar surface area (TPSA) is 55.6 Å². The first-order chi connectivity index (χ1) is 9.17. The third-order valence-electron chi connectivity index (χ3n) is 3.79. The molecule has 1 amide bonds. The van der Waals surface area contributed by atoms with Crippen LogP contribution in [0, 0.1) is 0 Å². The molecule has 5 heteroatoms. The van der Waals surface area contributed by atoms with Crippen molar-refractivity contribution in [2.45, 2.75) is 38.3 Å². The van der Waals surface area contributed by atoms with E-state index < -0.39 is 0 Å². The Bertz CT molecular complexity index is 436. The summed E-state index contributed by atoms with van der Waals surface area (Å²) in [5.41, 5.74) is 7.03. The highest BCUT2D eigenvalue weighted by Gasteiger charge is 2.31. The SMILES string of the molecule is CC[C@H](N)C(=O)N1CCCC1c1ccc(OC)cc1.Cl. The van der Waals surface area contributed by atoms with Crippen molar-refractivity contribution in [3.63, 3.8) is 0 Å². The van der Waals surface area contributed by atoms with E-state index >= 15 is 0 Å². The number of ether oxygens (including phenoxy) is 1. The molecule has 4 nitrogen and oxygen atoms in total. The van der Waals surface area contributed by atoms with Crippen molar-refractivity contribution < 1.29 is 9.53 Å². The molecule has 1 unspecified atom stereocenters. The summed E-state index contributed by atoms with van der Waals surface area (Å²) in [6, 6.07) is 7.74. The summed E-state index contributed by atoms with van der Waals surface area (Å²) >= 11 is 0. The van der Waals surface area contributed by atoms with Gasteiger partial charge in [0.25, 0.3) is 0 Å². The molecule has 2 N–H and O–H groups in total. The van der Waals surface area contributed by atoms with E-state index in [0.29, 0.717) is 6.42 Å². The molecular formula is C15H23ClN2O2. The molecular weight excluding hydrogens is 276 g/mol. The number of nitrogens with two attached hydrogens (primary N) is 1. The number of nitrogens with zero attached hydrogens (tertiary/aromatic N) is 1. The van der Waals surface area contributed by atoms with Crippen molar-refractivity contribution in [1.29, 1.82) is 0 Å². The third-order valence-corrected chi connectivity index (χ3v) is 3.79. The maximum absolute atomic E-state index is 12.3. The molecule has 0 saturated carbocycles. The largest absolute Gasteiger partial charge is 0.497 e. The lowest BCUT2D eigenvalue weighted by molar-refractivity contribution is -0.133. The summed E-state index contributed by atoms with van der Waals surface area (Å²) in [6.07, 6.45) is 2.73. The molecule has 0 bridgehead atoms. The monoisotopic (exact) mass is 298 g/mol. The van der Waals surface area contributed by atoms with Crippen LogP contribution < -0.4 is 10.5 Å². The van der Waals surface area contributed by atoms with Crippen LogP contribution in [0.15, 0.2) is 24.3 Å². The zero-order valence-corrected chi connectivity index (χ0v) is 12.9. The normalized spacial score (nSPS) is 19.4. The Kier molecular flexibility index (Phi) is 6.30. The quantitative estimate of drug-likeness (QED) is 0.929. The van der Waals surface area contributed by atoms with E-state index in [9.17, 15) is 4.79 Å². The fourth-order valence-electron chi connectivity index (χ4n) is 2.59. The fourth-order valence-corrected chi connectivity index (χ4v) is 2.59. The minimum atomic E-state index is -0.376. The lowest BCUT2D eigenvalue weighted by atomic mass is 10.0. The van der Waals surface area contributed by atoms with Crippen LogP contribution in [0.1, 0.15) is 37.8 Å². The molecule has 1 heterocycles. The van der Waals surface area contributed by atoms with Crippen molar-refractivity contribution in [3.05, 3.63) is 29.8 Å². The van der Waals surface area contributed by atoms with Gasteiger partial charge in [-0.05, 0) is 37.0 Å². The van der Waals surface area contributed by atoms with E-state index in [4.69, 9.17) is 10.5 Å². The molecule has 0 spiro atoms. The van der Waals surface area contributed by atoms with Crippen molar-refractivity contribution in [1.82, 2.24) is 4.90 Å². The van der Waals surface area contributed by atoms with Crippen molar-refractivity contribution in [3.8, 4) is 5.75 Å². The molecule has 112 valence electrons.